The van der Waals surface area contributed by atoms with E-state index < -0.39 is 65.4 Å². The van der Waals surface area contributed by atoms with Gasteiger partial charge in [-0.1, -0.05) is 30.3 Å². The summed E-state index contributed by atoms with van der Waals surface area (Å²) in [6.07, 6.45) is -0.740. The summed E-state index contributed by atoms with van der Waals surface area (Å²) in [4.78, 5) is 52.6. The number of nitrogens with two attached hydrogens (primary N) is 1. The summed E-state index contributed by atoms with van der Waals surface area (Å²) in [7, 11) is 3.50. The fourth-order valence-corrected chi connectivity index (χ4v) is 5.83. The summed E-state index contributed by atoms with van der Waals surface area (Å²) in [6, 6.07) is 10.6. The minimum absolute atomic E-state index is 0.00969. The van der Waals surface area contributed by atoms with Gasteiger partial charge in [0.2, 0.25) is 17.6 Å². The second-order valence-corrected chi connectivity index (χ2v) is 10.5. The van der Waals surface area contributed by atoms with Crippen molar-refractivity contribution in [3.63, 3.8) is 0 Å². The fraction of sp³-hybridized carbons (Fsp3) is 0.379. The summed E-state index contributed by atoms with van der Waals surface area (Å²) in [6.45, 7) is -0.422. The molecule has 212 valence electrons. The van der Waals surface area contributed by atoms with Crippen LogP contribution in [-0.2, 0) is 32.0 Å². The summed E-state index contributed by atoms with van der Waals surface area (Å²) < 4.78 is 0. The molecule has 0 heterocycles. The molecule has 2 amide bonds. The van der Waals surface area contributed by atoms with Crippen molar-refractivity contribution in [2.45, 2.75) is 37.7 Å². The van der Waals surface area contributed by atoms with Crippen molar-refractivity contribution in [2.24, 2.45) is 17.6 Å². The average molecular weight is 552 g/mol. The summed E-state index contributed by atoms with van der Waals surface area (Å²) in [5, 5.41) is 46.3. The molecule has 11 heteroatoms. The van der Waals surface area contributed by atoms with Crippen molar-refractivity contribution < 1.29 is 39.6 Å². The van der Waals surface area contributed by atoms with Crippen LogP contribution in [0.25, 0.3) is 5.76 Å². The first-order valence-corrected chi connectivity index (χ1v) is 12.9. The highest BCUT2D eigenvalue weighted by atomic mass is 16.3. The van der Waals surface area contributed by atoms with Gasteiger partial charge in [0.15, 0.2) is 11.4 Å². The minimum Gasteiger partial charge on any atom is -0.507 e. The van der Waals surface area contributed by atoms with Gasteiger partial charge in [-0.15, -0.1) is 0 Å². The van der Waals surface area contributed by atoms with Gasteiger partial charge < -0.3 is 36.4 Å². The predicted octanol–water partition coefficient (Wildman–Crippen LogP) is 1.23. The number of nitrogens with zero attached hydrogens (tertiary/aromatic N) is 1. The van der Waals surface area contributed by atoms with Gasteiger partial charge in [-0.2, -0.15) is 0 Å². The second-order valence-electron chi connectivity index (χ2n) is 10.5. The number of carbonyl (C=O) groups is 4. The molecule has 0 radical (unpaired) electrons. The number of carbonyl (C=O) groups excluding carboxylic acids is 4. The molecule has 1 saturated carbocycles. The van der Waals surface area contributed by atoms with Crippen molar-refractivity contribution in [2.75, 3.05) is 30.9 Å². The van der Waals surface area contributed by atoms with Gasteiger partial charge in [-0.05, 0) is 42.4 Å². The number of Topliss-reactive ketones (excluding diaryl/α,β-unsaturated/α-hetero) is 2. The number of aromatic hydroxyl groups is 1. The van der Waals surface area contributed by atoms with E-state index in [1.807, 2.05) is 6.07 Å². The molecular weight excluding hydrogens is 518 g/mol. The van der Waals surface area contributed by atoms with Crippen LogP contribution in [-0.4, -0.2) is 70.1 Å². The van der Waals surface area contributed by atoms with Crippen LogP contribution >= 0.6 is 0 Å². The molecule has 2 aliphatic rings. The van der Waals surface area contributed by atoms with E-state index >= 15 is 0 Å². The molecule has 0 unspecified atom stereocenters. The van der Waals surface area contributed by atoms with Crippen LogP contribution in [0.15, 0.2) is 42.0 Å². The number of benzene rings is 2. The quantitative estimate of drug-likeness (QED) is 0.197. The number of phenolic OH excluding ortho intramolecular Hbond substituents is 1. The Kier molecular flexibility index (Phi) is 7.99. The van der Waals surface area contributed by atoms with Gasteiger partial charge in [-0.25, -0.2) is 0 Å². The Hall–Kier alpha value is -4.22. The SMILES string of the molecule is CN(C)c1cc(NC(=O)Cc2ccccc2)c(O)c2c1C[C@H]1C[C@@H](CCO)[C@@](O)(C(=O)CC(N)=O)C(=O)C1=C2O. The Labute approximate surface area is 230 Å². The van der Waals surface area contributed by atoms with Crippen molar-refractivity contribution in [1.29, 1.82) is 0 Å². The zero-order valence-electron chi connectivity index (χ0n) is 22.3. The number of amides is 2. The van der Waals surface area contributed by atoms with Gasteiger partial charge in [0.1, 0.15) is 11.5 Å². The number of rotatable bonds is 9. The van der Waals surface area contributed by atoms with E-state index in [0.717, 1.165) is 5.56 Å². The van der Waals surface area contributed by atoms with Crippen molar-refractivity contribution in [3.8, 4) is 5.75 Å². The molecule has 40 heavy (non-hydrogen) atoms. The molecule has 3 atom stereocenters. The van der Waals surface area contributed by atoms with Crippen LogP contribution in [0.5, 0.6) is 5.75 Å². The standard InChI is InChI=1S/C29H33N3O8/c1-32(2)20-13-19(31-23(36)10-15-6-4-3-5-7-15)26(37)25-18(20)12-16-11-17(8-9-33)29(40,21(34)14-22(30)35)28(39)24(16)27(25)38/h3-7,13,16-17,33,37-38,40H,8-12,14H2,1-2H3,(H2,30,35)(H,31,36)/t16-,17-,29-/m1/s1. The molecule has 7 N–H and O–H groups in total. The molecule has 4 rings (SSSR count). The largest absolute Gasteiger partial charge is 0.507 e. The summed E-state index contributed by atoms with van der Waals surface area (Å²) >= 11 is 0. The second kappa shape index (κ2) is 11.1. The van der Waals surface area contributed by atoms with E-state index in [1.54, 1.807) is 49.3 Å². The topological polar surface area (TPSA) is 190 Å². The Balaban J connectivity index is 1.81. The van der Waals surface area contributed by atoms with E-state index in [2.05, 4.69) is 5.32 Å². The molecule has 2 aliphatic carbocycles. The molecule has 0 saturated heterocycles. The maximum atomic E-state index is 13.7. The van der Waals surface area contributed by atoms with E-state index in [0.29, 0.717) is 11.3 Å². The molecule has 0 aromatic heterocycles. The van der Waals surface area contributed by atoms with E-state index in [9.17, 15) is 39.6 Å². The van der Waals surface area contributed by atoms with Crippen LogP contribution in [0, 0.1) is 11.8 Å². The average Bonchev–Trinajstić information content (AvgIpc) is 2.88. The molecule has 0 bridgehead atoms. The fourth-order valence-electron chi connectivity index (χ4n) is 5.83. The zero-order valence-corrected chi connectivity index (χ0v) is 22.3. The van der Waals surface area contributed by atoms with Crippen LogP contribution in [0.2, 0.25) is 0 Å². The van der Waals surface area contributed by atoms with E-state index in [-0.39, 0.29) is 42.5 Å². The smallest absolute Gasteiger partial charge is 0.228 e. The number of ketones is 2. The lowest BCUT2D eigenvalue weighted by atomic mass is 9.61. The number of nitrogens with one attached hydrogen (secondary N) is 1. The number of primary amides is 1. The summed E-state index contributed by atoms with van der Waals surface area (Å²) in [5.41, 5.74) is 3.97. The first kappa shape index (κ1) is 28.8. The van der Waals surface area contributed by atoms with Crippen molar-refractivity contribution >= 4 is 40.5 Å². The van der Waals surface area contributed by atoms with Crippen LogP contribution in [0.1, 0.15) is 36.0 Å². The molecule has 1 fully saturated rings. The third-order valence-electron chi connectivity index (χ3n) is 7.69. The third-order valence-corrected chi connectivity index (χ3v) is 7.69. The highest BCUT2D eigenvalue weighted by Gasteiger charge is 2.57. The third kappa shape index (κ3) is 5.05. The minimum atomic E-state index is -2.68. The monoisotopic (exact) mass is 551 g/mol. The lowest BCUT2D eigenvalue weighted by molar-refractivity contribution is -0.159. The number of aliphatic hydroxyl groups is 3. The number of hydrogen-bond donors (Lipinski definition) is 6. The van der Waals surface area contributed by atoms with Gasteiger partial charge in [0.05, 0.1) is 24.1 Å². The number of fused-ring (bicyclic) bond motifs is 2. The van der Waals surface area contributed by atoms with Crippen molar-refractivity contribution in [3.05, 3.63) is 58.7 Å². The summed E-state index contributed by atoms with van der Waals surface area (Å²) in [5.74, 6) is -6.42. The highest BCUT2D eigenvalue weighted by molar-refractivity contribution is 6.23. The Morgan fingerprint density at radius 1 is 1.15 bits per heavy atom. The van der Waals surface area contributed by atoms with Crippen LogP contribution < -0.4 is 16.0 Å². The van der Waals surface area contributed by atoms with Gasteiger partial charge in [0.25, 0.3) is 0 Å². The van der Waals surface area contributed by atoms with Gasteiger partial charge in [-0.3, -0.25) is 19.2 Å². The Morgan fingerprint density at radius 2 is 1.82 bits per heavy atom. The highest BCUT2D eigenvalue weighted by Crippen LogP contribution is 2.52. The molecule has 11 nitrogen and oxygen atoms in total. The van der Waals surface area contributed by atoms with E-state index in [4.69, 9.17) is 5.73 Å². The maximum Gasteiger partial charge on any atom is 0.228 e. The van der Waals surface area contributed by atoms with Crippen LogP contribution in [0.3, 0.4) is 0 Å². The Morgan fingerprint density at radius 3 is 2.42 bits per heavy atom. The number of hydrogen-bond acceptors (Lipinski definition) is 9. The van der Waals surface area contributed by atoms with Crippen molar-refractivity contribution in [1.82, 2.24) is 0 Å². The molecular formula is C29H33N3O8. The maximum absolute atomic E-state index is 13.7. The Bertz CT molecular complexity index is 1400. The number of anilines is 2. The number of aliphatic hydroxyl groups excluding tert-OH is 2. The zero-order chi connectivity index (χ0) is 29.4. The lowest BCUT2D eigenvalue weighted by Crippen LogP contribution is -2.59. The first-order chi connectivity index (χ1) is 18.9. The normalized spacial score (nSPS) is 21.9. The lowest BCUT2D eigenvalue weighted by Gasteiger charge is -2.44. The predicted molar refractivity (Wildman–Crippen MR) is 147 cm³/mol. The first-order valence-electron chi connectivity index (χ1n) is 12.9. The molecule has 2 aromatic rings. The molecule has 2 aromatic carbocycles. The number of phenols is 1. The molecule has 0 aliphatic heterocycles. The van der Waals surface area contributed by atoms with Gasteiger partial charge >= 0.3 is 0 Å². The van der Waals surface area contributed by atoms with E-state index in [1.165, 1.54) is 0 Å². The van der Waals surface area contributed by atoms with Gasteiger partial charge in [0, 0.05) is 37.9 Å². The molecule has 0 spiro atoms. The van der Waals surface area contributed by atoms with Crippen LogP contribution in [0.4, 0.5) is 11.4 Å².